The second-order valence-electron chi connectivity index (χ2n) is 7.20. The Hall–Kier alpha value is -0.0800. The Kier molecular flexibility index (Phi) is 7.34. The number of nitrogens with zero attached hydrogens (tertiary/aromatic N) is 1. The largest absolute Gasteiger partial charge is 0.330 e. The molecule has 0 aromatic rings. The lowest BCUT2D eigenvalue weighted by molar-refractivity contribution is 0.132. The van der Waals surface area contributed by atoms with Crippen LogP contribution in [0.4, 0.5) is 0 Å². The van der Waals surface area contributed by atoms with E-state index in [9.17, 15) is 0 Å². The van der Waals surface area contributed by atoms with Gasteiger partial charge in [0.25, 0.3) is 0 Å². The molecule has 0 saturated carbocycles. The van der Waals surface area contributed by atoms with Gasteiger partial charge in [-0.1, -0.05) is 41.5 Å². The van der Waals surface area contributed by atoms with Crippen molar-refractivity contribution in [2.75, 3.05) is 20.1 Å². The molecule has 0 spiro atoms. The summed E-state index contributed by atoms with van der Waals surface area (Å²) in [6.45, 7) is 15.6. The monoisotopic (exact) mass is 242 g/mol. The van der Waals surface area contributed by atoms with E-state index in [-0.39, 0.29) is 5.41 Å². The Morgan fingerprint density at radius 2 is 1.41 bits per heavy atom. The van der Waals surface area contributed by atoms with Crippen LogP contribution < -0.4 is 5.73 Å². The zero-order valence-electron chi connectivity index (χ0n) is 13.1. The Bertz CT molecular complexity index is 187. The SMILES string of the molecule is CC(C)CC(CC(C)C)N(C)CC(C)(C)CN. The Morgan fingerprint density at radius 1 is 1.00 bits per heavy atom. The fourth-order valence-electron chi connectivity index (χ4n) is 2.41. The molecule has 2 nitrogen and oxygen atoms in total. The molecule has 0 aromatic carbocycles. The fraction of sp³-hybridized carbons (Fsp3) is 1.00. The van der Waals surface area contributed by atoms with Crippen molar-refractivity contribution in [2.45, 2.75) is 60.4 Å². The molecule has 0 heterocycles. The van der Waals surface area contributed by atoms with Gasteiger partial charge in [-0.2, -0.15) is 0 Å². The van der Waals surface area contributed by atoms with Crippen molar-refractivity contribution in [3.63, 3.8) is 0 Å². The first-order chi connectivity index (χ1) is 7.68. The molecule has 0 aliphatic heterocycles. The van der Waals surface area contributed by atoms with Gasteiger partial charge in [-0.3, -0.25) is 0 Å². The number of hydrogen-bond acceptors (Lipinski definition) is 2. The summed E-state index contributed by atoms with van der Waals surface area (Å²) in [5, 5.41) is 0. The smallest absolute Gasteiger partial charge is 0.00973 e. The molecule has 0 saturated heterocycles. The van der Waals surface area contributed by atoms with E-state index in [1.165, 1.54) is 12.8 Å². The molecule has 0 atom stereocenters. The van der Waals surface area contributed by atoms with Crippen LogP contribution in [0.1, 0.15) is 54.4 Å². The first-order valence-corrected chi connectivity index (χ1v) is 7.08. The van der Waals surface area contributed by atoms with Gasteiger partial charge < -0.3 is 10.6 Å². The van der Waals surface area contributed by atoms with E-state index in [4.69, 9.17) is 5.73 Å². The summed E-state index contributed by atoms with van der Waals surface area (Å²) >= 11 is 0. The molecular formula is C15H34N2. The molecule has 2 N–H and O–H groups in total. The molecule has 0 unspecified atom stereocenters. The normalized spacial score (nSPS) is 13.4. The quantitative estimate of drug-likeness (QED) is 0.707. The van der Waals surface area contributed by atoms with E-state index in [2.05, 4.69) is 53.5 Å². The van der Waals surface area contributed by atoms with Gasteiger partial charge in [0.15, 0.2) is 0 Å². The maximum absolute atomic E-state index is 5.83. The topological polar surface area (TPSA) is 29.3 Å². The lowest BCUT2D eigenvalue weighted by atomic mass is 9.89. The average molecular weight is 242 g/mol. The van der Waals surface area contributed by atoms with Gasteiger partial charge >= 0.3 is 0 Å². The average Bonchev–Trinajstić information content (AvgIpc) is 2.14. The van der Waals surface area contributed by atoms with Crippen LogP contribution in [-0.4, -0.2) is 31.1 Å². The van der Waals surface area contributed by atoms with Crippen LogP contribution in [0.15, 0.2) is 0 Å². The highest BCUT2D eigenvalue weighted by atomic mass is 15.1. The summed E-state index contributed by atoms with van der Waals surface area (Å²) in [5.74, 6) is 1.53. The minimum Gasteiger partial charge on any atom is -0.330 e. The third-order valence-corrected chi connectivity index (χ3v) is 3.34. The standard InChI is InChI=1S/C15H34N2/c1-12(2)8-14(9-13(3)4)17(7)11-15(5,6)10-16/h12-14H,8-11,16H2,1-7H3. The van der Waals surface area contributed by atoms with Crippen LogP contribution in [0.2, 0.25) is 0 Å². The number of nitrogens with two attached hydrogens (primary N) is 1. The van der Waals surface area contributed by atoms with Crippen LogP contribution in [0, 0.1) is 17.3 Å². The molecule has 2 heteroatoms. The van der Waals surface area contributed by atoms with E-state index in [0.29, 0.717) is 6.04 Å². The summed E-state index contributed by atoms with van der Waals surface area (Å²) in [6, 6.07) is 0.695. The van der Waals surface area contributed by atoms with Crippen molar-refractivity contribution in [1.82, 2.24) is 4.90 Å². The van der Waals surface area contributed by atoms with Crippen molar-refractivity contribution < 1.29 is 0 Å². The third kappa shape index (κ3) is 7.77. The zero-order chi connectivity index (χ0) is 13.6. The molecule has 0 aliphatic carbocycles. The van der Waals surface area contributed by atoms with Crippen molar-refractivity contribution in [3.05, 3.63) is 0 Å². The Morgan fingerprint density at radius 3 is 1.71 bits per heavy atom. The van der Waals surface area contributed by atoms with Crippen molar-refractivity contribution in [2.24, 2.45) is 23.0 Å². The molecule has 0 fully saturated rings. The van der Waals surface area contributed by atoms with Crippen LogP contribution in [0.25, 0.3) is 0 Å². The first kappa shape index (κ1) is 16.9. The van der Waals surface area contributed by atoms with E-state index < -0.39 is 0 Å². The van der Waals surface area contributed by atoms with Crippen molar-refractivity contribution >= 4 is 0 Å². The second-order valence-corrected chi connectivity index (χ2v) is 7.20. The van der Waals surface area contributed by atoms with Gasteiger partial charge in [0, 0.05) is 12.6 Å². The maximum Gasteiger partial charge on any atom is 0.00973 e. The molecule has 0 bridgehead atoms. The van der Waals surface area contributed by atoms with Crippen LogP contribution in [0.5, 0.6) is 0 Å². The molecule has 0 amide bonds. The van der Waals surface area contributed by atoms with Gasteiger partial charge in [-0.05, 0) is 43.7 Å². The predicted octanol–water partition coefficient (Wildman–Crippen LogP) is 3.36. The second kappa shape index (κ2) is 7.38. The minimum absolute atomic E-state index is 0.223. The van der Waals surface area contributed by atoms with E-state index in [1.54, 1.807) is 0 Å². The van der Waals surface area contributed by atoms with E-state index >= 15 is 0 Å². The molecular weight excluding hydrogens is 208 g/mol. The fourth-order valence-corrected chi connectivity index (χ4v) is 2.41. The molecule has 0 aliphatic rings. The summed E-state index contributed by atoms with van der Waals surface area (Å²) in [4.78, 5) is 2.52. The first-order valence-electron chi connectivity index (χ1n) is 7.08. The van der Waals surface area contributed by atoms with E-state index in [1.807, 2.05) is 0 Å². The molecule has 0 rings (SSSR count). The van der Waals surface area contributed by atoms with Gasteiger partial charge in [0.2, 0.25) is 0 Å². The number of hydrogen-bond donors (Lipinski definition) is 1. The summed E-state index contributed by atoms with van der Waals surface area (Å²) in [7, 11) is 2.26. The van der Waals surface area contributed by atoms with Crippen LogP contribution >= 0.6 is 0 Å². The highest BCUT2D eigenvalue weighted by Gasteiger charge is 2.24. The Balaban J connectivity index is 4.46. The minimum atomic E-state index is 0.223. The predicted molar refractivity (Wildman–Crippen MR) is 78.2 cm³/mol. The summed E-state index contributed by atoms with van der Waals surface area (Å²) in [5.41, 5.74) is 6.05. The summed E-state index contributed by atoms with van der Waals surface area (Å²) in [6.07, 6.45) is 2.57. The molecule has 17 heavy (non-hydrogen) atoms. The zero-order valence-corrected chi connectivity index (χ0v) is 13.1. The third-order valence-electron chi connectivity index (χ3n) is 3.34. The lowest BCUT2D eigenvalue weighted by Crippen LogP contribution is -2.43. The highest BCUT2D eigenvalue weighted by Crippen LogP contribution is 2.22. The van der Waals surface area contributed by atoms with Gasteiger partial charge in [-0.25, -0.2) is 0 Å². The van der Waals surface area contributed by atoms with Crippen LogP contribution in [0.3, 0.4) is 0 Å². The van der Waals surface area contributed by atoms with Crippen molar-refractivity contribution in [3.8, 4) is 0 Å². The highest BCUT2D eigenvalue weighted by molar-refractivity contribution is 4.79. The van der Waals surface area contributed by atoms with Crippen LogP contribution in [-0.2, 0) is 0 Å². The summed E-state index contributed by atoms with van der Waals surface area (Å²) < 4.78 is 0. The Labute approximate surface area is 109 Å². The molecule has 104 valence electrons. The van der Waals surface area contributed by atoms with E-state index in [0.717, 1.165) is 24.9 Å². The molecule has 0 aromatic heterocycles. The van der Waals surface area contributed by atoms with Gasteiger partial charge in [-0.15, -0.1) is 0 Å². The number of rotatable bonds is 8. The molecule has 0 radical (unpaired) electrons. The van der Waals surface area contributed by atoms with Gasteiger partial charge in [0.05, 0.1) is 0 Å². The lowest BCUT2D eigenvalue weighted by Gasteiger charge is -2.36. The van der Waals surface area contributed by atoms with Gasteiger partial charge in [0.1, 0.15) is 0 Å². The maximum atomic E-state index is 5.83. The van der Waals surface area contributed by atoms with Crippen molar-refractivity contribution in [1.29, 1.82) is 0 Å².